The van der Waals surface area contributed by atoms with Crippen molar-refractivity contribution in [3.63, 3.8) is 0 Å². The van der Waals surface area contributed by atoms with E-state index < -0.39 is 17.6 Å². The molecule has 0 saturated carbocycles. The van der Waals surface area contributed by atoms with Crippen molar-refractivity contribution in [1.29, 1.82) is 0 Å². The van der Waals surface area contributed by atoms with E-state index in [1.807, 2.05) is 0 Å². The maximum Gasteiger partial charge on any atom is 0.340 e. The summed E-state index contributed by atoms with van der Waals surface area (Å²) in [5.41, 5.74) is 6.60. The number of methoxy groups -OCH3 is 1. The van der Waals surface area contributed by atoms with Gasteiger partial charge in [-0.15, -0.1) is 0 Å². The van der Waals surface area contributed by atoms with Crippen molar-refractivity contribution in [2.75, 3.05) is 18.2 Å². The summed E-state index contributed by atoms with van der Waals surface area (Å²) in [6.07, 6.45) is 0. The van der Waals surface area contributed by atoms with Crippen molar-refractivity contribution in [3.8, 4) is 0 Å². The Kier molecular flexibility index (Phi) is 3.84. The van der Waals surface area contributed by atoms with E-state index in [1.165, 1.54) is 25.3 Å². The van der Waals surface area contributed by atoms with Crippen LogP contribution < -0.4 is 11.1 Å². The number of anilines is 3. The van der Waals surface area contributed by atoms with E-state index in [0.717, 1.165) is 12.1 Å². The predicted octanol–water partition coefficient (Wildman–Crippen LogP) is 3.08. The zero-order valence-electron chi connectivity index (χ0n) is 10.6. The molecule has 0 aliphatic carbocycles. The second kappa shape index (κ2) is 5.56. The van der Waals surface area contributed by atoms with Gasteiger partial charge in [-0.25, -0.2) is 13.6 Å². The highest BCUT2D eigenvalue weighted by Crippen LogP contribution is 2.24. The Morgan fingerprint density at radius 3 is 2.60 bits per heavy atom. The van der Waals surface area contributed by atoms with Crippen LogP contribution in [0.25, 0.3) is 0 Å². The molecular weight excluding hydrogens is 266 g/mol. The molecule has 0 unspecified atom stereocenters. The molecule has 2 aromatic carbocycles. The van der Waals surface area contributed by atoms with Crippen molar-refractivity contribution in [2.24, 2.45) is 0 Å². The van der Waals surface area contributed by atoms with Crippen LogP contribution in [0.3, 0.4) is 0 Å². The number of rotatable bonds is 3. The van der Waals surface area contributed by atoms with Crippen molar-refractivity contribution in [1.82, 2.24) is 0 Å². The number of esters is 1. The van der Waals surface area contributed by atoms with Crippen LogP contribution >= 0.6 is 0 Å². The average Bonchev–Trinajstić information content (AvgIpc) is 2.43. The number of halogens is 2. The maximum atomic E-state index is 13.5. The first-order chi connectivity index (χ1) is 9.51. The van der Waals surface area contributed by atoms with Crippen LogP contribution in [0.15, 0.2) is 36.4 Å². The van der Waals surface area contributed by atoms with Crippen molar-refractivity contribution < 1.29 is 18.3 Å². The van der Waals surface area contributed by atoms with Gasteiger partial charge >= 0.3 is 5.97 Å². The number of nitrogens with two attached hydrogens (primary N) is 1. The highest BCUT2D eigenvalue weighted by Gasteiger charge is 2.11. The van der Waals surface area contributed by atoms with Crippen LogP contribution in [0, 0.1) is 11.6 Å². The number of carbonyl (C=O) groups is 1. The van der Waals surface area contributed by atoms with E-state index in [-0.39, 0.29) is 16.9 Å². The van der Waals surface area contributed by atoms with Crippen LogP contribution in [0.4, 0.5) is 25.8 Å². The summed E-state index contributed by atoms with van der Waals surface area (Å²) < 4.78 is 30.9. The zero-order chi connectivity index (χ0) is 14.7. The molecule has 3 N–H and O–H groups in total. The molecule has 0 amide bonds. The summed E-state index contributed by atoms with van der Waals surface area (Å²) in [6.45, 7) is 0. The lowest BCUT2D eigenvalue weighted by molar-refractivity contribution is 0.0602. The monoisotopic (exact) mass is 278 g/mol. The average molecular weight is 278 g/mol. The Bertz CT molecular complexity index is 660. The third-order valence-corrected chi connectivity index (χ3v) is 2.67. The molecule has 0 saturated heterocycles. The molecule has 0 fully saturated rings. The molecule has 0 atom stereocenters. The molecule has 0 spiro atoms. The topological polar surface area (TPSA) is 64.3 Å². The number of ether oxygens (including phenoxy) is 1. The molecule has 0 heterocycles. The summed E-state index contributed by atoms with van der Waals surface area (Å²) in [7, 11) is 1.24. The fourth-order valence-electron chi connectivity index (χ4n) is 1.67. The first-order valence-corrected chi connectivity index (χ1v) is 5.71. The molecule has 0 aliphatic rings. The normalized spacial score (nSPS) is 10.2. The molecular formula is C14H12F2N2O2. The van der Waals surface area contributed by atoms with E-state index in [1.54, 1.807) is 6.07 Å². The Balaban J connectivity index is 2.32. The predicted molar refractivity (Wildman–Crippen MR) is 71.8 cm³/mol. The first kappa shape index (κ1) is 13.8. The first-order valence-electron chi connectivity index (χ1n) is 5.71. The number of hydrogen-bond acceptors (Lipinski definition) is 4. The summed E-state index contributed by atoms with van der Waals surface area (Å²) in [5.74, 6) is -1.99. The minimum Gasteiger partial charge on any atom is -0.465 e. The highest BCUT2D eigenvalue weighted by atomic mass is 19.1. The summed E-state index contributed by atoms with van der Waals surface area (Å²) in [4.78, 5) is 11.5. The Hall–Kier alpha value is -2.63. The van der Waals surface area contributed by atoms with Gasteiger partial charge in [0.25, 0.3) is 0 Å². The van der Waals surface area contributed by atoms with Gasteiger partial charge in [-0.05, 0) is 30.3 Å². The van der Waals surface area contributed by atoms with Crippen LogP contribution in [0.5, 0.6) is 0 Å². The van der Waals surface area contributed by atoms with Crippen molar-refractivity contribution >= 4 is 23.0 Å². The quantitative estimate of drug-likeness (QED) is 0.669. The highest BCUT2D eigenvalue weighted by molar-refractivity contribution is 5.96. The van der Waals surface area contributed by atoms with Crippen LogP contribution in [0.2, 0.25) is 0 Å². The third kappa shape index (κ3) is 2.85. The maximum absolute atomic E-state index is 13.5. The van der Waals surface area contributed by atoms with E-state index in [2.05, 4.69) is 10.1 Å². The van der Waals surface area contributed by atoms with E-state index in [0.29, 0.717) is 5.69 Å². The minimum atomic E-state index is -0.735. The lowest BCUT2D eigenvalue weighted by Gasteiger charge is -2.10. The van der Waals surface area contributed by atoms with Gasteiger partial charge < -0.3 is 15.8 Å². The van der Waals surface area contributed by atoms with Gasteiger partial charge in [-0.2, -0.15) is 0 Å². The molecule has 0 radical (unpaired) electrons. The second-order valence-corrected chi connectivity index (χ2v) is 4.04. The van der Waals surface area contributed by atoms with Crippen molar-refractivity contribution in [2.45, 2.75) is 0 Å². The Morgan fingerprint density at radius 1 is 1.20 bits per heavy atom. The molecule has 4 nitrogen and oxygen atoms in total. The van der Waals surface area contributed by atoms with Gasteiger partial charge in [0.05, 0.1) is 18.4 Å². The van der Waals surface area contributed by atoms with E-state index in [9.17, 15) is 13.6 Å². The van der Waals surface area contributed by atoms with E-state index >= 15 is 0 Å². The molecule has 0 aromatic heterocycles. The number of hydrogen-bond donors (Lipinski definition) is 2. The SMILES string of the molecule is COC(=O)c1cc(Nc2ccc(F)cc2F)ccc1N. The molecule has 2 aromatic rings. The zero-order valence-corrected chi connectivity index (χ0v) is 10.6. The fraction of sp³-hybridized carbons (Fsp3) is 0.0714. The minimum absolute atomic E-state index is 0.0898. The summed E-state index contributed by atoms with van der Waals surface area (Å²) in [5, 5.41) is 2.74. The van der Waals surface area contributed by atoms with Crippen LogP contribution in [0.1, 0.15) is 10.4 Å². The van der Waals surface area contributed by atoms with Gasteiger partial charge in [0.2, 0.25) is 0 Å². The molecule has 0 bridgehead atoms. The molecule has 2 rings (SSSR count). The number of nitrogen functional groups attached to an aromatic ring is 1. The van der Waals surface area contributed by atoms with E-state index in [4.69, 9.17) is 5.73 Å². The van der Waals surface area contributed by atoms with Gasteiger partial charge in [0.15, 0.2) is 0 Å². The third-order valence-electron chi connectivity index (χ3n) is 2.67. The lowest BCUT2D eigenvalue weighted by atomic mass is 10.1. The molecule has 20 heavy (non-hydrogen) atoms. The van der Waals surface area contributed by atoms with Gasteiger partial charge in [-0.1, -0.05) is 0 Å². The van der Waals surface area contributed by atoms with Gasteiger partial charge in [0.1, 0.15) is 11.6 Å². The number of carbonyl (C=O) groups excluding carboxylic acids is 1. The molecule has 6 heteroatoms. The number of nitrogens with one attached hydrogen (secondary N) is 1. The van der Waals surface area contributed by atoms with Crippen LogP contribution in [-0.4, -0.2) is 13.1 Å². The summed E-state index contributed by atoms with van der Waals surface area (Å²) >= 11 is 0. The smallest absolute Gasteiger partial charge is 0.340 e. The standard InChI is InChI=1S/C14H12F2N2O2/c1-20-14(19)10-7-9(3-4-12(10)17)18-13-5-2-8(15)6-11(13)16/h2-7,18H,17H2,1H3. The second-order valence-electron chi connectivity index (χ2n) is 4.04. The molecule has 104 valence electrons. The van der Waals surface area contributed by atoms with Gasteiger partial charge in [0, 0.05) is 17.4 Å². The lowest BCUT2D eigenvalue weighted by Crippen LogP contribution is -2.06. The van der Waals surface area contributed by atoms with Gasteiger partial charge in [-0.3, -0.25) is 0 Å². The van der Waals surface area contributed by atoms with Crippen LogP contribution in [-0.2, 0) is 4.74 Å². The Labute approximate surface area is 114 Å². The van der Waals surface area contributed by atoms with Crippen molar-refractivity contribution in [3.05, 3.63) is 53.6 Å². The Morgan fingerprint density at radius 2 is 1.95 bits per heavy atom. The molecule has 0 aliphatic heterocycles. The largest absolute Gasteiger partial charge is 0.465 e. The summed E-state index contributed by atoms with van der Waals surface area (Å²) in [6, 6.07) is 7.66. The fourth-order valence-corrected chi connectivity index (χ4v) is 1.67. The number of benzene rings is 2.